The first-order valence-corrected chi connectivity index (χ1v) is 9.56. The van der Waals surface area contributed by atoms with Gasteiger partial charge in [0.05, 0.1) is 23.1 Å². The molecule has 0 aliphatic rings. The van der Waals surface area contributed by atoms with Crippen molar-refractivity contribution in [2.75, 3.05) is 25.3 Å². The largest absolute Gasteiger partial charge is 0.465 e. The molecule has 0 aliphatic carbocycles. The van der Waals surface area contributed by atoms with E-state index in [9.17, 15) is 22.8 Å². The molecule has 9 heteroatoms. The number of anilines is 1. The Morgan fingerprint density at radius 3 is 2.00 bits per heavy atom. The monoisotopic (exact) mass is 391 g/mol. The van der Waals surface area contributed by atoms with Gasteiger partial charge in [-0.3, -0.25) is 4.79 Å². The summed E-state index contributed by atoms with van der Waals surface area (Å²) < 4.78 is 32.3. The molecule has 2 aromatic rings. The summed E-state index contributed by atoms with van der Waals surface area (Å²) >= 11 is 0. The van der Waals surface area contributed by atoms with Crippen molar-refractivity contribution in [2.45, 2.75) is 4.90 Å². The number of ether oxygens (including phenoxy) is 2. The van der Waals surface area contributed by atoms with E-state index in [-0.39, 0.29) is 16.0 Å². The minimum Gasteiger partial charge on any atom is -0.465 e. The van der Waals surface area contributed by atoms with Gasteiger partial charge in [-0.2, -0.15) is 0 Å². The van der Waals surface area contributed by atoms with Crippen LogP contribution in [0.1, 0.15) is 20.7 Å². The summed E-state index contributed by atoms with van der Waals surface area (Å²) in [5.74, 6) is -2.16. The third-order valence-corrected chi connectivity index (χ3v) is 4.58. The predicted molar refractivity (Wildman–Crippen MR) is 96.2 cm³/mol. The van der Waals surface area contributed by atoms with E-state index >= 15 is 0 Å². The van der Waals surface area contributed by atoms with Gasteiger partial charge in [0.1, 0.15) is 0 Å². The van der Waals surface area contributed by atoms with Gasteiger partial charge in [0.25, 0.3) is 5.91 Å². The zero-order chi connectivity index (χ0) is 20.0. The van der Waals surface area contributed by atoms with Crippen molar-refractivity contribution in [3.63, 3.8) is 0 Å². The van der Waals surface area contributed by atoms with Crippen LogP contribution in [-0.4, -0.2) is 46.2 Å². The second-order valence-corrected chi connectivity index (χ2v) is 7.47. The van der Waals surface area contributed by atoms with Crippen molar-refractivity contribution in [3.8, 4) is 0 Å². The first-order chi connectivity index (χ1) is 12.7. The molecular weight excluding hydrogens is 374 g/mol. The number of nitrogens with one attached hydrogen (secondary N) is 1. The van der Waals surface area contributed by atoms with Crippen LogP contribution in [0.15, 0.2) is 53.4 Å². The fraction of sp³-hybridized carbons (Fsp3) is 0.167. The molecule has 0 fully saturated rings. The zero-order valence-electron chi connectivity index (χ0n) is 14.6. The lowest BCUT2D eigenvalue weighted by Crippen LogP contribution is -2.22. The van der Waals surface area contributed by atoms with Crippen LogP contribution in [0, 0.1) is 0 Å². The van der Waals surface area contributed by atoms with Gasteiger partial charge in [-0.05, 0) is 36.4 Å². The molecular formula is C18H17NO7S. The normalized spacial score (nSPS) is 10.7. The fourth-order valence-electron chi connectivity index (χ4n) is 2.14. The van der Waals surface area contributed by atoms with Gasteiger partial charge in [0.15, 0.2) is 16.4 Å². The summed E-state index contributed by atoms with van der Waals surface area (Å²) in [4.78, 5) is 35.8. The molecule has 142 valence electrons. The van der Waals surface area contributed by atoms with Crippen LogP contribution >= 0.6 is 0 Å². The first-order valence-electron chi connectivity index (χ1n) is 7.67. The quantitative estimate of drug-likeness (QED) is 0.745. The molecule has 0 atom stereocenters. The third-order valence-electron chi connectivity index (χ3n) is 3.45. The molecule has 0 radical (unpaired) electrons. The number of rotatable bonds is 6. The summed E-state index contributed by atoms with van der Waals surface area (Å²) in [5, 5.41) is 2.47. The lowest BCUT2D eigenvalue weighted by molar-refractivity contribution is -0.119. The second kappa shape index (κ2) is 8.45. The van der Waals surface area contributed by atoms with Crippen molar-refractivity contribution in [2.24, 2.45) is 0 Å². The lowest BCUT2D eigenvalue weighted by atomic mass is 10.1. The van der Waals surface area contributed by atoms with Crippen LogP contribution in [0.5, 0.6) is 0 Å². The SMILES string of the molecule is COC(=O)c1ccccc1C(=O)OCC(=O)Nc1ccc(S(C)(=O)=O)cc1. The van der Waals surface area contributed by atoms with Crippen molar-refractivity contribution < 1.29 is 32.3 Å². The molecule has 27 heavy (non-hydrogen) atoms. The molecule has 0 saturated heterocycles. The average molecular weight is 391 g/mol. The number of esters is 2. The maximum absolute atomic E-state index is 12.1. The van der Waals surface area contributed by atoms with Crippen LogP contribution in [-0.2, 0) is 24.1 Å². The number of carbonyl (C=O) groups is 3. The van der Waals surface area contributed by atoms with Crippen molar-refractivity contribution >= 4 is 33.4 Å². The zero-order valence-corrected chi connectivity index (χ0v) is 15.4. The van der Waals surface area contributed by atoms with Crippen LogP contribution in [0.25, 0.3) is 0 Å². The topological polar surface area (TPSA) is 116 Å². The number of hydrogen-bond donors (Lipinski definition) is 1. The molecule has 0 saturated carbocycles. The molecule has 0 spiro atoms. The Morgan fingerprint density at radius 2 is 1.48 bits per heavy atom. The molecule has 0 aromatic heterocycles. The number of benzene rings is 2. The molecule has 1 amide bonds. The fourth-order valence-corrected chi connectivity index (χ4v) is 2.77. The highest BCUT2D eigenvalue weighted by atomic mass is 32.2. The Morgan fingerprint density at radius 1 is 0.926 bits per heavy atom. The highest BCUT2D eigenvalue weighted by molar-refractivity contribution is 7.90. The molecule has 2 rings (SSSR count). The molecule has 0 bridgehead atoms. The number of amides is 1. The predicted octanol–water partition coefficient (Wildman–Crippen LogP) is 1.67. The van der Waals surface area contributed by atoms with Crippen molar-refractivity contribution in [1.82, 2.24) is 0 Å². The molecule has 2 aromatic carbocycles. The van der Waals surface area contributed by atoms with E-state index in [1.165, 1.54) is 43.5 Å². The van der Waals surface area contributed by atoms with E-state index in [2.05, 4.69) is 10.1 Å². The Balaban J connectivity index is 1.98. The highest BCUT2D eigenvalue weighted by Crippen LogP contribution is 2.14. The van der Waals surface area contributed by atoms with Crippen LogP contribution in [0.2, 0.25) is 0 Å². The Labute approximate surface area is 156 Å². The number of sulfone groups is 1. The minimum atomic E-state index is -3.33. The van der Waals surface area contributed by atoms with E-state index in [1.54, 1.807) is 12.1 Å². The summed E-state index contributed by atoms with van der Waals surface area (Å²) in [6.07, 6.45) is 1.08. The van der Waals surface area contributed by atoms with Gasteiger partial charge < -0.3 is 14.8 Å². The van der Waals surface area contributed by atoms with Gasteiger partial charge in [-0.15, -0.1) is 0 Å². The van der Waals surface area contributed by atoms with Crippen molar-refractivity contribution in [3.05, 3.63) is 59.7 Å². The molecule has 0 aliphatic heterocycles. The van der Waals surface area contributed by atoms with Crippen LogP contribution in [0.3, 0.4) is 0 Å². The number of methoxy groups -OCH3 is 1. The van der Waals surface area contributed by atoms with E-state index in [1.807, 2.05) is 0 Å². The Kier molecular flexibility index (Phi) is 6.30. The smallest absolute Gasteiger partial charge is 0.339 e. The summed E-state index contributed by atoms with van der Waals surface area (Å²) in [5.41, 5.74) is 0.356. The summed E-state index contributed by atoms with van der Waals surface area (Å²) in [6.45, 7) is -0.581. The van der Waals surface area contributed by atoms with Crippen molar-refractivity contribution in [1.29, 1.82) is 0 Å². The molecule has 1 N–H and O–H groups in total. The van der Waals surface area contributed by atoms with E-state index in [0.29, 0.717) is 5.69 Å². The molecule has 8 nitrogen and oxygen atoms in total. The summed E-state index contributed by atoms with van der Waals surface area (Å²) in [7, 11) is -2.15. The molecule has 0 unspecified atom stereocenters. The maximum atomic E-state index is 12.1. The Bertz CT molecular complexity index is 965. The van der Waals surface area contributed by atoms with E-state index in [4.69, 9.17) is 4.74 Å². The van der Waals surface area contributed by atoms with E-state index in [0.717, 1.165) is 6.26 Å². The van der Waals surface area contributed by atoms with Gasteiger partial charge in [-0.25, -0.2) is 18.0 Å². The van der Waals surface area contributed by atoms with Crippen LogP contribution < -0.4 is 5.32 Å². The third kappa shape index (κ3) is 5.38. The van der Waals surface area contributed by atoms with E-state index < -0.39 is 34.3 Å². The maximum Gasteiger partial charge on any atom is 0.339 e. The average Bonchev–Trinajstić information content (AvgIpc) is 2.65. The van der Waals surface area contributed by atoms with Gasteiger partial charge in [0.2, 0.25) is 0 Å². The minimum absolute atomic E-state index is 0.0188. The first kappa shape index (κ1) is 20.1. The van der Waals surface area contributed by atoms with Gasteiger partial charge in [-0.1, -0.05) is 12.1 Å². The lowest BCUT2D eigenvalue weighted by Gasteiger charge is -2.09. The van der Waals surface area contributed by atoms with Gasteiger partial charge in [0, 0.05) is 11.9 Å². The van der Waals surface area contributed by atoms with Crippen LogP contribution in [0.4, 0.5) is 5.69 Å². The van der Waals surface area contributed by atoms with Gasteiger partial charge >= 0.3 is 11.9 Å². The number of hydrogen-bond acceptors (Lipinski definition) is 7. The second-order valence-electron chi connectivity index (χ2n) is 5.46. The number of carbonyl (C=O) groups excluding carboxylic acids is 3. The highest BCUT2D eigenvalue weighted by Gasteiger charge is 2.19. The standard InChI is InChI=1S/C18H17NO7S/c1-25-17(21)14-5-3-4-6-15(14)18(22)26-11-16(20)19-12-7-9-13(10-8-12)27(2,23)24/h3-10H,11H2,1-2H3,(H,19,20). The molecule has 0 heterocycles. The Hall–Kier alpha value is -3.20. The summed E-state index contributed by atoms with van der Waals surface area (Å²) in [6, 6.07) is 11.4.